The van der Waals surface area contributed by atoms with Crippen molar-refractivity contribution < 1.29 is 0 Å². The van der Waals surface area contributed by atoms with Crippen molar-refractivity contribution in [2.75, 3.05) is 11.1 Å². The third-order valence-electron chi connectivity index (χ3n) is 3.30. The number of nitrogen functional groups attached to an aromatic ring is 1. The summed E-state index contributed by atoms with van der Waals surface area (Å²) < 4.78 is 0. The predicted molar refractivity (Wildman–Crippen MR) is 84.3 cm³/mol. The third-order valence-corrected chi connectivity index (χ3v) is 3.30. The quantitative estimate of drug-likeness (QED) is 0.871. The van der Waals surface area contributed by atoms with E-state index in [1.54, 1.807) is 0 Å². The summed E-state index contributed by atoms with van der Waals surface area (Å²) in [6, 6.07) is 8.45. The summed E-state index contributed by atoms with van der Waals surface area (Å²) in [6.07, 6.45) is 3.04. The highest BCUT2D eigenvalue weighted by atomic mass is 15.1. The first kappa shape index (κ1) is 14.3. The molecule has 1 aromatic heterocycles. The molecule has 2 rings (SSSR count). The van der Waals surface area contributed by atoms with E-state index < -0.39 is 0 Å². The Kier molecular flexibility index (Phi) is 4.56. The minimum atomic E-state index is 0.543. The van der Waals surface area contributed by atoms with Gasteiger partial charge < -0.3 is 11.1 Å². The van der Waals surface area contributed by atoms with Crippen molar-refractivity contribution in [3.8, 4) is 0 Å². The van der Waals surface area contributed by atoms with Crippen molar-refractivity contribution in [1.29, 1.82) is 0 Å². The highest BCUT2D eigenvalue weighted by molar-refractivity contribution is 5.63. The lowest BCUT2D eigenvalue weighted by molar-refractivity contribution is 0.922. The second-order valence-corrected chi connectivity index (χ2v) is 4.92. The normalized spacial score (nSPS) is 10.6. The van der Waals surface area contributed by atoms with Gasteiger partial charge in [-0.1, -0.05) is 32.4 Å². The fourth-order valence-corrected chi connectivity index (χ4v) is 2.04. The summed E-state index contributed by atoms with van der Waals surface area (Å²) in [5, 5.41) is 3.33. The Bertz CT molecular complexity index is 576. The summed E-state index contributed by atoms with van der Waals surface area (Å²) in [5.41, 5.74) is 9.19. The van der Waals surface area contributed by atoms with E-state index in [2.05, 4.69) is 46.5 Å². The zero-order chi connectivity index (χ0) is 14.5. The van der Waals surface area contributed by atoms with Crippen LogP contribution in [0.5, 0.6) is 0 Å². The highest BCUT2D eigenvalue weighted by Gasteiger charge is 2.08. The standard InChI is InChI=1S/C16H22N4/c1-4-6-12-7-9-13(10-8-12)18-16-11(3)15(17)19-14(5-2)20-16/h7-10H,4-6H2,1-3H3,(H3,17,18,19,20). The maximum Gasteiger partial charge on any atom is 0.139 e. The van der Waals surface area contributed by atoms with Crippen LogP contribution in [0.25, 0.3) is 0 Å². The molecule has 0 fully saturated rings. The van der Waals surface area contributed by atoms with Gasteiger partial charge in [-0.25, -0.2) is 9.97 Å². The molecular formula is C16H22N4. The number of rotatable bonds is 5. The number of hydrogen-bond donors (Lipinski definition) is 2. The molecule has 20 heavy (non-hydrogen) atoms. The Hall–Kier alpha value is -2.10. The molecule has 0 saturated heterocycles. The number of anilines is 3. The van der Waals surface area contributed by atoms with E-state index in [9.17, 15) is 0 Å². The average molecular weight is 270 g/mol. The molecule has 0 radical (unpaired) electrons. The molecule has 0 aliphatic heterocycles. The Labute approximate surface area is 120 Å². The maximum atomic E-state index is 5.92. The van der Waals surface area contributed by atoms with Gasteiger partial charge in [-0.2, -0.15) is 0 Å². The zero-order valence-electron chi connectivity index (χ0n) is 12.4. The van der Waals surface area contributed by atoms with Gasteiger partial charge >= 0.3 is 0 Å². The van der Waals surface area contributed by atoms with Gasteiger partial charge in [-0.3, -0.25) is 0 Å². The summed E-state index contributed by atoms with van der Waals surface area (Å²) in [7, 11) is 0. The van der Waals surface area contributed by atoms with Gasteiger partial charge in [0.25, 0.3) is 0 Å². The van der Waals surface area contributed by atoms with E-state index in [1.807, 2.05) is 13.8 Å². The van der Waals surface area contributed by atoms with Gasteiger partial charge in [0.1, 0.15) is 17.5 Å². The van der Waals surface area contributed by atoms with Crippen molar-refractivity contribution in [3.63, 3.8) is 0 Å². The monoisotopic (exact) mass is 270 g/mol. The first-order valence-corrected chi connectivity index (χ1v) is 7.13. The lowest BCUT2D eigenvalue weighted by Gasteiger charge is -2.12. The number of hydrogen-bond acceptors (Lipinski definition) is 4. The van der Waals surface area contributed by atoms with Crippen LogP contribution in [0.3, 0.4) is 0 Å². The van der Waals surface area contributed by atoms with Crippen molar-refractivity contribution in [1.82, 2.24) is 9.97 Å². The fraction of sp³-hybridized carbons (Fsp3) is 0.375. The average Bonchev–Trinajstić information content (AvgIpc) is 2.46. The molecule has 0 aliphatic rings. The van der Waals surface area contributed by atoms with Crippen molar-refractivity contribution in [3.05, 3.63) is 41.2 Å². The van der Waals surface area contributed by atoms with Gasteiger partial charge in [0.05, 0.1) is 0 Å². The molecule has 3 N–H and O–H groups in total. The van der Waals surface area contributed by atoms with Crippen LogP contribution in [-0.4, -0.2) is 9.97 Å². The SMILES string of the molecule is CCCc1ccc(Nc2nc(CC)nc(N)c2C)cc1. The molecule has 0 spiro atoms. The molecule has 0 aliphatic carbocycles. The van der Waals surface area contributed by atoms with Crippen LogP contribution >= 0.6 is 0 Å². The lowest BCUT2D eigenvalue weighted by atomic mass is 10.1. The van der Waals surface area contributed by atoms with Crippen molar-refractivity contribution >= 4 is 17.3 Å². The molecule has 0 saturated carbocycles. The molecule has 2 aromatic rings. The Morgan fingerprint density at radius 2 is 1.80 bits per heavy atom. The number of nitrogens with two attached hydrogens (primary N) is 1. The van der Waals surface area contributed by atoms with Gasteiger partial charge in [0.15, 0.2) is 0 Å². The molecule has 4 heteroatoms. The van der Waals surface area contributed by atoms with E-state index >= 15 is 0 Å². The third kappa shape index (κ3) is 3.26. The predicted octanol–water partition coefficient (Wildman–Crippen LogP) is 3.63. The molecule has 106 valence electrons. The number of nitrogens with zero attached hydrogens (tertiary/aromatic N) is 2. The second kappa shape index (κ2) is 6.37. The molecule has 0 bridgehead atoms. The van der Waals surface area contributed by atoms with Crippen LogP contribution < -0.4 is 11.1 Å². The molecular weight excluding hydrogens is 248 g/mol. The van der Waals surface area contributed by atoms with Crippen molar-refractivity contribution in [2.45, 2.75) is 40.0 Å². The number of aromatic nitrogens is 2. The fourth-order valence-electron chi connectivity index (χ4n) is 2.04. The molecule has 1 aromatic carbocycles. The zero-order valence-corrected chi connectivity index (χ0v) is 12.4. The summed E-state index contributed by atoms with van der Waals surface area (Å²) in [6.45, 7) is 6.14. The van der Waals surface area contributed by atoms with E-state index in [0.717, 1.165) is 42.2 Å². The number of aryl methyl sites for hydroxylation is 2. The van der Waals surface area contributed by atoms with Gasteiger partial charge in [0, 0.05) is 17.7 Å². The molecule has 1 heterocycles. The van der Waals surface area contributed by atoms with Gasteiger partial charge in [-0.05, 0) is 31.0 Å². The van der Waals surface area contributed by atoms with Crippen molar-refractivity contribution in [2.24, 2.45) is 0 Å². The summed E-state index contributed by atoms with van der Waals surface area (Å²) in [4.78, 5) is 8.76. The van der Waals surface area contributed by atoms with E-state index in [1.165, 1.54) is 5.56 Å². The van der Waals surface area contributed by atoms with Crippen LogP contribution in [-0.2, 0) is 12.8 Å². The summed E-state index contributed by atoms with van der Waals surface area (Å²) in [5.74, 6) is 2.10. The largest absolute Gasteiger partial charge is 0.383 e. The molecule has 4 nitrogen and oxygen atoms in total. The van der Waals surface area contributed by atoms with Gasteiger partial charge in [0.2, 0.25) is 0 Å². The summed E-state index contributed by atoms with van der Waals surface area (Å²) >= 11 is 0. The smallest absolute Gasteiger partial charge is 0.139 e. The molecule has 0 unspecified atom stereocenters. The highest BCUT2D eigenvalue weighted by Crippen LogP contribution is 2.22. The van der Waals surface area contributed by atoms with E-state index in [0.29, 0.717) is 5.82 Å². The first-order chi connectivity index (χ1) is 9.63. The van der Waals surface area contributed by atoms with Crippen LogP contribution in [0, 0.1) is 6.92 Å². The topological polar surface area (TPSA) is 63.8 Å². The Balaban J connectivity index is 2.22. The van der Waals surface area contributed by atoms with Crippen LogP contribution in [0.2, 0.25) is 0 Å². The lowest BCUT2D eigenvalue weighted by Crippen LogP contribution is -2.06. The number of benzene rings is 1. The molecule has 0 atom stereocenters. The minimum absolute atomic E-state index is 0.543. The van der Waals surface area contributed by atoms with Crippen LogP contribution in [0.1, 0.15) is 37.2 Å². The van der Waals surface area contributed by atoms with E-state index in [-0.39, 0.29) is 0 Å². The minimum Gasteiger partial charge on any atom is -0.383 e. The first-order valence-electron chi connectivity index (χ1n) is 7.13. The maximum absolute atomic E-state index is 5.92. The molecule has 0 amide bonds. The second-order valence-electron chi connectivity index (χ2n) is 4.92. The number of nitrogens with one attached hydrogen (secondary N) is 1. The Morgan fingerprint density at radius 3 is 2.40 bits per heavy atom. The van der Waals surface area contributed by atoms with Gasteiger partial charge in [-0.15, -0.1) is 0 Å². The van der Waals surface area contributed by atoms with Crippen LogP contribution in [0.4, 0.5) is 17.3 Å². The van der Waals surface area contributed by atoms with E-state index in [4.69, 9.17) is 5.73 Å². The Morgan fingerprint density at radius 1 is 1.10 bits per heavy atom. The van der Waals surface area contributed by atoms with Crippen LogP contribution in [0.15, 0.2) is 24.3 Å².